The van der Waals surface area contributed by atoms with Crippen molar-refractivity contribution >= 4 is 15.7 Å². The van der Waals surface area contributed by atoms with Crippen LogP contribution in [0.1, 0.15) is 19.4 Å². The van der Waals surface area contributed by atoms with Gasteiger partial charge in [-0.25, -0.2) is 12.8 Å². The van der Waals surface area contributed by atoms with Crippen LogP contribution in [0.2, 0.25) is 0 Å². The van der Waals surface area contributed by atoms with Crippen LogP contribution in [0.4, 0.5) is 10.1 Å². The number of sulfonamides is 1. The molecule has 7 heteroatoms. The maximum Gasteiger partial charge on any atom is 0.246 e. The van der Waals surface area contributed by atoms with Crippen molar-refractivity contribution in [1.82, 2.24) is 9.21 Å². The third-order valence-corrected chi connectivity index (χ3v) is 5.35. The quantitative estimate of drug-likeness (QED) is 0.811. The highest BCUT2D eigenvalue weighted by Gasteiger charge is 2.31. The molecule has 0 heterocycles. The lowest BCUT2D eigenvalue weighted by molar-refractivity contribution is 0.271. The molecule has 21 heavy (non-hydrogen) atoms. The zero-order chi connectivity index (χ0) is 16.4. The molecule has 0 amide bonds. The van der Waals surface area contributed by atoms with Crippen LogP contribution in [0.25, 0.3) is 0 Å². The molecule has 120 valence electrons. The van der Waals surface area contributed by atoms with Crippen LogP contribution in [0, 0.1) is 12.7 Å². The van der Waals surface area contributed by atoms with Crippen molar-refractivity contribution in [3.8, 4) is 0 Å². The number of hydrogen-bond donors (Lipinski definition) is 1. The van der Waals surface area contributed by atoms with E-state index in [0.717, 1.165) is 0 Å². The minimum Gasteiger partial charge on any atom is -0.399 e. The maximum atomic E-state index is 14.2. The summed E-state index contributed by atoms with van der Waals surface area (Å²) in [7, 11) is -0.193. The Kier molecular flexibility index (Phi) is 5.72. The van der Waals surface area contributed by atoms with E-state index in [1.54, 1.807) is 13.8 Å². The maximum absolute atomic E-state index is 14.2. The van der Waals surface area contributed by atoms with Crippen molar-refractivity contribution < 1.29 is 12.8 Å². The van der Waals surface area contributed by atoms with Crippen LogP contribution in [-0.2, 0) is 10.0 Å². The zero-order valence-electron chi connectivity index (χ0n) is 13.2. The van der Waals surface area contributed by atoms with Gasteiger partial charge in [-0.15, -0.1) is 0 Å². The van der Waals surface area contributed by atoms with E-state index in [0.29, 0.717) is 6.54 Å². The molecule has 0 fully saturated rings. The van der Waals surface area contributed by atoms with E-state index in [4.69, 9.17) is 5.73 Å². The monoisotopic (exact) mass is 317 g/mol. The van der Waals surface area contributed by atoms with Crippen LogP contribution in [0.5, 0.6) is 0 Å². The molecule has 1 aromatic rings. The zero-order valence-corrected chi connectivity index (χ0v) is 14.0. The Labute approximate surface area is 126 Å². The van der Waals surface area contributed by atoms with Gasteiger partial charge in [0.15, 0.2) is 0 Å². The van der Waals surface area contributed by atoms with E-state index in [-0.39, 0.29) is 28.7 Å². The Morgan fingerprint density at radius 3 is 2.38 bits per heavy atom. The minimum absolute atomic E-state index is 0.227. The van der Waals surface area contributed by atoms with Crippen LogP contribution in [-0.4, -0.2) is 50.8 Å². The van der Waals surface area contributed by atoms with Crippen LogP contribution >= 0.6 is 0 Å². The lowest BCUT2D eigenvalue weighted by Gasteiger charge is -2.29. The normalized spacial score (nSPS) is 13.9. The minimum atomic E-state index is -3.92. The molecule has 0 spiro atoms. The number of hydrogen-bond acceptors (Lipinski definition) is 4. The molecule has 5 nitrogen and oxygen atoms in total. The first kappa shape index (κ1) is 17.9. The number of aryl methyl sites for hydroxylation is 1. The molecule has 1 atom stereocenters. The summed E-state index contributed by atoms with van der Waals surface area (Å²) >= 11 is 0. The Morgan fingerprint density at radius 1 is 1.33 bits per heavy atom. The summed E-state index contributed by atoms with van der Waals surface area (Å²) in [6, 6.07) is 2.34. The summed E-state index contributed by atoms with van der Waals surface area (Å²) in [5.41, 5.74) is 6.13. The third kappa shape index (κ3) is 3.93. The number of rotatable bonds is 6. The molecule has 0 aliphatic heterocycles. The summed E-state index contributed by atoms with van der Waals surface area (Å²) in [6.07, 6.45) is 0. The number of halogens is 1. The highest BCUT2D eigenvalue weighted by molar-refractivity contribution is 7.89. The fourth-order valence-corrected chi connectivity index (χ4v) is 4.22. The van der Waals surface area contributed by atoms with Crippen molar-refractivity contribution in [3.05, 3.63) is 23.5 Å². The highest BCUT2D eigenvalue weighted by atomic mass is 32.2. The molecule has 0 aromatic heterocycles. The number of nitrogens with zero attached hydrogens (tertiary/aromatic N) is 2. The Hall–Kier alpha value is -1.18. The summed E-state index contributed by atoms with van der Waals surface area (Å²) in [5.74, 6) is -0.736. The van der Waals surface area contributed by atoms with Gasteiger partial charge >= 0.3 is 0 Å². The number of nitrogen functional groups attached to an aromatic ring is 1. The summed E-state index contributed by atoms with van der Waals surface area (Å²) < 4.78 is 41.0. The summed E-state index contributed by atoms with van der Waals surface area (Å²) in [5, 5.41) is 0. The second kappa shape index (κ2) is 6.72. The topological polar surface area (TPSA) is 66.6 Å². The van der Waals surface area contributed by atoms with Crippen molar-refractivity contribution in [3.63, 3.8) is 0 Å². The highest BCUT2D eigenvalue weighted by Crippen LogP contribution is 2.26. The Morgan fingerprint density at radius 2 is 1.90 bits per heavy atom. The first-order chi connectivity index (χ1) is 9.61. The fourth-order valence-electron chi connectivity index (χ4n) is 2.42. The average molecular weight is 317 g/mol. The predicted molar refractivity (Wildman–Crippen MR) is 83.1 cm³/mol. The van der Waals surface area contributed by atoms with Gasteiger partial charge in [0.2, 0.25) is 10.0 Å². The van der Waals surface area contributed by atoms with Crippen molar-refractivity contribution in [1.29, 1.82) is 0 Å². The number of nitrogens with two attached hydrogens (primary N) is 1. The van der Waals surface area contributed by atoms with E-state index in [2.05, 4.69) is 0 Å². The van der Waals surface area contributed by atoms with Crippen molar-refractivity contribution in [2.75, 3.05) is 32.9 Å². The first-order valence-electron chi connectivity index (χ1n) is 6.83. The van der Waals surface area contributed by atoms with Gasteiger partial charge in [0.05, 0.1) is 0 Å². The van der Waals surface area contributed by atoms with Gasteiger partial charge < -0.3 is 10.6 Å². The summed E-state index contributed by atoms with van der Waals surface area (Å²) in [4.78, 5) is 1.54. The van der Waals surface area contributed by atoms with E-state index >= 15 is 0 Å². The smallest absolute Gasteiger partial charge is 0.246 e. The van der Waals surface area contributed by atoms with Gasteiger partial charge in [0.25, 0.3) is 0 Å². The Balaban J connectivity index is 3.32. The second-order valence-corrected chi connectivity index (χ2v) is 7.33. The molecule has 0 saturated carbocycles. The lowest BCUT2D eigenvalue weighted by Crippen LogP contribution is -2.43. The molecular weight excluding hydrogens is 293 g/mol. The molecular formula is C14H24FN3O2S. The number of likely N-dealkylation sites (N-methyl/N-ethyl adjacent to an activating group) is 2. The molecule has 1 unspecified atom stereocenters. The molecule has 0 aliphatic carbocycles. The van der Waals surface area contributed by atoms with Crippen LogP contribution < -0.4 is 5.73 Å². The van der Waals surface area contributed by atoms with Gasteiger partial charge in [-0.3, -0.25) is 0 Å². The van der Waals surface area contributed by atoms with Gasteiger partial charge in [-0.2, -0.15) is 4.31 Å². The van der Waals surface area contributed by atoms with E-state index in [1.165, 1.54) is 23.4 Å². The summed E-state index contributed by atoms with van der Waals surface area (Å²) in [6.45, 7) is 5.86. The van der Waals surface area contributed by atoms with Crippen LogP contribution in [0.15, 0.2) is 17.0 Å². The van der Waals surface area contributed by atoms with E-state index < -0.39 is 15.8 Å². The first-order valence-corrected chi connectivity index (χ1v) is 8.27. The predicted octanol–water partition coefficient (Wildman–Crippen LogP) is 1.68. The standard InChI is InChI=1S/C14H24FN3O2S/c1-6-18(11(3)9-17(4)5)21(19,20)13-8-12(16)7-10(2)14(13)15/h7-8,11H,6,9,16H2,1-5H3. The molecule has 0 aliphatic rings. The van der Waals surface area contributed by atoms with E-state index in [9.17, 15) is 12.8 Å². The SMILES string of the molecule is CCN(C(C)CN(C)C)S(=O)(=O)c1cc(N)cc(C)c1F. The second-order valence-electron chi connectivity index (χ2n) is 5.47. The van der Waals surface area contributed by atoms with Gasteiger partial charge in [0, 0.05) is 24.8 Å². The molecule has 0 saturated heterocycles. The molecule has 0 bridgehead atoms. The van der Waals surface area contributed by atoms with Gasteiger partial charge in [-0.1, -0.05) is 6.92 Å². The Bertz CT molecular complexity index is 602. The molecule has 1 aromatic carbocycles. The number of anilines is 1. The van der Waals surface area contributed by atoms with Crippen molar-refractivity contribution in [2.24, 2.45) is 0 Å². The van der Waals surface area contributed by atoms with Crippen molar-refractivity contribution in [2.45, 2.75) is 31.7 Å². The van der Waals surface area contributed by atoms with Crippen LogP contribution in [0.3, 0.4) is 0 Å². The van der Waals surface area contributed by atoms with E-state index in [1.807, 2.05) is 19.0 Å². The fraction of sp³-hybridized carbons (Fsp3) is 0.571. The molecule has 0 radical (unpaired) electrons. The van der Waals surface area contributed by atoms with Gasteiger partial charge in [0.1, 0.15) is 10.7 Å². The molecule has 1 rings (SSSR count). The lowest BCUT2D eigenvalue weighted by atomic mass is 10.2. The largest absolute Gasteiger partial charge is 0.399 e. The average Bonchev–Trinajstić information content (AvgIpc) is 2.32. The number of benzene rings is 1. The molecule has 2 N–H and O–H groups in total. The third-order valence-electron chi connectivity index (χ3n) is 3.26. The van der Waals surface area contributed by atoms with Gasteiger partial charge in [-0.05, 0) is 45.6 Å².